The van der Waals surface area contributed by atoms with Crippen molar-refractivity contribution in [1.82, 2.24) is 5.32 Å². The molecule has 4 heteroatoms. The molecule has 1 fully saturated rings. The van der Waals surface area contributed by atoms with Crippen LogP contribution in [0.25, 0.3) is 0 Å². The van der Waals surface area contributed by atoms with E-state index in [1.807, 2.05) is 0 Å². The average Bonchev–Trinajstić information content (AvgIpc) is 2.79. The van der Waals surface area contributed by atoms with Crippen LogP contribution in [0.1, 0.15) is 12.8 Å². The van der Waals surface area contributed by atoms with E-state index < -0.39 is 0 Å². The number of esters is 1. The third-order valence-electron chi connectivity index (χ3n) is 2.96. The van der Waals surface area contributed by atoms with Gasteiger partial charge in [0, 0.05) is 0 Å². The number of ether oxygens (including phenoxy) is 1. The van der Waals surface area contributed by atoms with E-state index >= 15 is 0 Å². The van der Waals surface area contributed by atoms with Crippen LogP contribution in [-0.4, -0.2) is 19.1 Å². The monoisotopic (exact) mass is 195 g/mol. The molecule has 1 amide bonds. The first-order valence-electron chi connectivity index (χ1n) is 4.83. The van der Waals surface area contributed by atoms with Crippen LogP contribution in [0, 0.1) is 17.8 Å². The normalized spacial score (nSPS) is 33.0. The Balaban J connectivity index is 1.81. The molecule has 3 atom stereocenters. The van der Waals surface area contributed by atoms with Crippen LogP contribution in [0.4, 0.5) is 0 Å². The third kappa shape index (κ3) is 1.64. The topological polar surface area (TPSA) is 55.4 Å². The first kappa shape index (κ1) is 9.24. The molecule has 0 heterocycles. The summed E-state index contributed by atoms with van der Waals surface area (Å²) >= 11 is 0. The zero-order valence-electron chi connectivity index (χ0n) is 7.81. The fourth-order valence-corrected chi connectivity index (χ4v) is 2.31. The van der Waals surface area contributed by atoms with Crippen LogP contribution in [0.5, 0.6) is 0 Å². The first-order valence-corrected chi connectivity index (χ1v) is 4.83. The lowest BCUT2D eigenvalue weighted by Gasteiger charge is -2.16. The van der Waals surface area contributed by atoms with E-state index in [1.54, 1.807) is 0 Å². The van der Waals surface area contributed by atoms with Gasteiger partial charge in [-0.25, -0.2) is 0 Å². The second kappa shape index (κ2) is 3.82. The zero-order valence-corrected chi connectivity index (χ0v) is 7.81. The molecule has 2 rings (SSSR count). The minimum Gasteiger partial charge on any atom is -0.444 e. The highest BCUT2D eigenvalue weighted by molar-refractivity contribution is 5.74. The van der Waals surface area contributed by atoms with E-state index in [0.29, 0.717) is 18.2 Å². The lowest BCUT2D eigenvalue weighted by Crippen LogP contribution is -2.26. The summed E-state index contributed by atoms with van der Waals surface area (Å²) in [5.41, 5.74) is 0. The van der Waals surface area contributed by atoms with Gasteiger partial charge in [0.2, 0.25) is 6.41 Å². The van der Waals surface area contributed by atoms with Gasteiger partial charge in [-0.1, -0.05) is 12.2 Å². The number of amides is 1. The number of hydrogen-bond acceptors (Lipinski definition) is 3. The highest BCUT2D eigenvalue weighted by Gasteiger charge is 2.40. The van der Waals surface area contributed by atoms with Crippen LogP contribution >= 0.6 is 0 Å². The van der Waals surface area contributed by atoms with E-state index in [9.17, 15) is 9.59 Å². The maximum atomic E-state index is 11.5. The lowest BCUT2D eigenvalue weighted by molar-refractivity contribution is -0.150. The van der Waals surface area contributed by atoms with E-state index in [1.165, 1.54) is 0 Å². The molecular formula is C10H13NO3. The number of carbonyl (C=O) groups is 2. The number of fused-ring (bicyclic) bond motifs is 2. The molecule has 2 bridgehead atoms. The minimum atomic E-state index is -0.184. The Kier molecular flexibility index (Phi) is 2.52. The summed E-state index contributed by atoms with van der Waals surface area (Å²) in [7, 11) is 0. The van der Waals surface area contributed by atoms with Gasteiger partial charge in [-0.05, 0) is 24.7 Å². The quantitative estimate of drug-likeness (QED) is 0.233. The highest BCUT2D eigenvalue weighted by atomic mass is 16.5. The van der Waals surface area contributed by atoms with E-state index in [0.717, 1.165) is 12.8 Å². The summed E-state index contributed by atoms with van der Waals surface area (Å²) in [4.78, 5) is 21.4. The fourth-order valence-electron chi connectivity index (χ4n) is 2.31. The molecule has 0 aromatic heterocycles. The maximum absolute atomic E-state index is 11.5. The zero-order chi connectivity index (χ0) is 9.97. The van der Waals surface area contributed by atoms with E-state index in [-0.39, 0.29) is 18.6 Å². The summed E-state index contributed by atoms with van der Waals surface area (Å²) in [6.45, 7) is -0.0140. The Morgan fingerprint density at radius 1 is 1.50 bits per heavy atom. The van der Waals surface area contributed by atoms with Gasteiger partial charge in [0.15, 0.2) is 6.73 Å². The smallest absolute Gasteiger partial charge is 0.311 e. The lowest BCUT2D eigenvalue weighted by atomic mass is 9.94. The third-order valence-corrected chi connectivity index (χ3v) is 2.96. The standard InChI is InChI=1S/C10H13NO3/c12-5-11-6-14-10(13)9-4-7-1-2-8(9)3-7/h1-2,5,7-9H,3-4,6H2,(H,11,12). The summed E-state index contributed by atoms with van der Waals surface area (Å²) in [5, 5.41) is 2.31. The largest absolute Gasteiger partial charge is 0.444 e. The maximum Gasteiger partial charge on any atom is 0.311 e. The molecule has 3 unspecified atom stereocenters. The van der Waals surface area contributed by atoms with Crippen molar-refractivity contribution in [3.05, 3.63) is 12.2 Å². The van der Waals surface area contributed by atoms with Gasteiger partial charge in [-0.15, -0.1) is 0 Å². The molecule has 2 aliphatic rings. The van der Waals surface area contributed by atoms with Crippen LogP contribution in [-0.2, 0) is 14.3 Å². The number of allylic oxidation sites excluding steroid dienone is 2. The Bertz CT molecular complexity index is 275. The van der Waals surface area contributed by atoms with Crippen molar-refractivity contribution in [1.29, 1.82) is 0 Å². The van der Waals surface area contributed by atoms with Crippen LogP contribution in [0.2, 0.25) is 0 Å². The Hall–Kier alpha value is -1.32. The van der Waals surface area contributed by atoms with Gasteiger partial charge >= 0.3 is 5.97 Å². The highest BCUT2D eigenvalue weighted by Crippen LogP contribution is 2.43. The fraction of sp³-hybridized carbons (Fsp3) is 0.600. The molecule has 1 N–H and O–H groups in total. The number of carbonyl (C=O) groups excluding carboxylic acids is 2. The summed E-state index contributed by atoms with van der Waals surface area (Å²) in [5.74, 6) is 0.759. The Morgan fingerprint density at radius 2 is 2.36 bits per heavy atom. The average molecular weight is 195 g/mol. The van der Waals surface area contributed by atoms with Gasteiger partial charge in [0.1, 0.15) is 0 Å². The molecule has 4 nitrogen and oxygen atoms in total. The Labute approximate surface area is 82.3 Å². The summed E-state index contributed by atoms with van der Waals surface area (Å²) in [6, 6.07) is 0. The molecule has 76 valence electrons. The minimum absolute atomic E-state index is 0.0125. The molecule has 0 aromatic carbocycles. The predicted molar refractivity (Wildman–Crippen MR) is 49.0 cm³/mol. The molecule has 2 aliphatic carbocycles. The van der Waals surface area contributed by atoms with Gasteiger partial charge in [-0.2, -0.15) is 0 Å². The summed E-state index contributed by atoms with van der Waals surface area (Å²) in [6.07, 6.45) is 6.79. The van der Waals surface area contributed by atoms with Crippen LogP contribution in [0.15, 0.2) is 12.2 Å². The predicted octanol–water partition coefficient (Wildman–Crippen LogP) is 0.445. The molecule has 0 spiro atoms. The van der Waals surface area contributed by atoms with E-state index in [2.05, 4.69) is 17.5 Å². The van der Waals surface area contributed by atoms with Crippen molar-refractivity contribution in [2.24, 2.45) is 17.8 Å². The SMILES string of the molecule is O=CNCOC(=O)C1CC2C=CC1C2. The first-order chi connectivity index (χ1) is 6.81. The van der Waals surface area contributed by atoms with Crippen molar-refractivity contribution in [3.63, 3.8) is 0 Å². The second-order valence-electron chi connectivity index (χ2n) is 3.82. The van der Waals surface area contributed by atoms with Crippen LogP contribution in [0.3, 0.4) is 0 Å². The number of rotatable bonds is 4. The van der Waals surface area contributed by atoms with Crippen molar-refractivity contribution in [2.75, 3.05) is 6.73 Å². The Morgan fingerprint density at radius 3 is 2.93 bits per heavy atom. The molecule has 0 saturated heterocycles. The van der Waals surface area contributed by atoms with Gasteiger partial charge < -0.3 is 10.1 Å². The second-order valence-corrected chi connectivity index (χ2v) is 3.82. The van der Waals surface area contributed by atoms with Crippen LogP contribution < -0.4 is 5.32 Å². The van der Waals surface area contributed by atoms with Gasteiger partial charge in [-0.3, -0.25) is 9.59 Å². The van der Waals surface area contributed by atoms with Gasteiger partial charge in [0.25, 0.3) is 0 Å². The molecular weight excluding hydrogens is 182 g/mol. The summed E-state index contributed by atoms with van der Waals surface area (Å²) < 4.78 is 4.90. The van der Waals surface area contributed by atoms with E-state index in [4.69, 9.17) is 4.74 Å². The molecule has 0 aromatic rings. The number of nitrogens with one attached hydrogen (secondary N) is 1. The molecule has 14 heavy (non-hydrogen) atoms. The van der Waals surface area contributed by atoms with Gasteiger partial charge in [0.05, 0.1) is 5.92 Å². The molecule has 0 radical (unpaired) electrons. The van der Waals surface area contributed by atoms with Crippen molar-refractivity contribution in [3.8, 4) is 0 Å². The molecule has 0 aliphatic heterocycles. The van der Waals surface area contributed by atoms with Crippen molar-refractivity contribution >= 4 is 12.4 Å². The van der Waals surface area contributed by atoms with Crippen molar-refractivity contribution in [2.45, 2.75) is 12.8 Å². The van der Waals surface area contributed by atoms with Crippen molar-refractivity contribution < 1.29 is 14.3 Å². The molecule has 1 saturated carbocycles. The number of hydrogen-bond donors (Lipinski definition) is 1.